The first kappa shape index (κ1) is 10.2. The Labute approximate surface area is 69.5 Å². The van der Waals surface area contributed by atoms with Gasteiger partial charge in [-0.05, 0) is 25.3 Å². The zero-order chi connectivity index (χ0) is 8.36. The molecule has 0 fully saturated rings. The van der Waals surface area contributed by atoms with Crippen LogP contribution in [0.3, 0.4) is 0 Å². The molecule has 0 radical (unpaired) electrons. The van der Waals surface area contributed by atoms with Crippen LogP contribution in [0.1, 0.15) is 26.2 Å². The molecule has 0 aromatic carbocycles. The number of nitrogens with zero attached hydrogens (tertiary/aromatic N) is 1. The van der Waals surface area contributed by atoms with Gasteiger partial charge in [-0.2, -0.15) is 0 Å². The summed E-state index contributed by atoms with van der Waals surface area (Å²) in [6, 6.07) is 0. The van der Waals surface area contributed by atoms with Gasteiger partial charge in [0.05, 0.1) is 0 Å². The molecule has 62 valence electrons. The Bertz CT molecular complexity index is 134. The highest BCUT2D eigenvalue weighted by Crippen LogP contribution is 1.88. The van der Waals surface area contributed by atoms with Gasteiger partial charge in [0.1, 0.15) is 0 Å². The number of allylic oxidation sites excluding steroid dienone is 3. The first-order chi connectivity index (χ1) is 5.41. The highest BCUT2D eigenvalue weighted by Gasteiger charge is 1.77. The Morgan fingerprint density at radius 3 is 2.91 bits per heavy atom. The smallest absolute Gasteiger partial charge is 0.0392 e. The molecule has 0 bridgehead atoms. The van der Waals surface area contributed by atoms with Gasteiger partial charge in [0.15, 0.2) is 0 Å². The first-order valence-electron chi connectivity index (χ1n) is 4.17. The van der Waals surface area contributed by atoms with Gasteiger partial charge in [-0.15, -0.1) is 6.58 Å². The Balaban J connectivity index is 3.15. The van der Waals surface area contributed by atoms with Crippen molar-refractivity contribution in [3.8, 4) is 0 Å². The van der Waals surface area contributed by atoms with Crippen LogP contribution in [0.25, 0.3) is 0 Å². The fraction of sp³-hybridized carbons (Fsp3) is 0.500. The van der Waals surface area contributed by atoms with Gasteiger partial charge >= 0.3 is 0 Å². The van der Waals surface area contributed by atoms with Crippen LogP contribution in [-0.2, 0) is 0 Å². The molecule has 0 spiro atoms. The molecular formula is C10H17N. The van der Waals surface area contributed by atoms with Crippen LogP contribution in [0.5, 0.6) is 0 Å². The largest absolute Gasteiger partial charge is 0.293 e. The van der Waals surface area contributed by atoms with Crippen LogP contribution in [0, 0.1) is 0 Å². The van der Waals surface area contributed by atoms with Crippen LogP contribution in [0.2, 0.25) is 0 Å². The lowest BCUT2D eigenvalue weighted by Gasteiger charge is -1.87. The lowest BCUT2D eigenvalue weighted by atomic mass is 10.3. The topological polar surface area (TPSA) is 12.4 Å². The number of rotatable bonds is 6. The van der Waals surface area contributed by atoms with E-state index in [0.29, 0.717) is 0 Å². The fourth-order valence-electron chi connectivity index (χ4n) is 0.659. The summed E-state index contributed by atoms with van der Waals surface area (Å²) in [6.45, 7) is 6.67. The first-order valence-corrected chi connectivity index (χ1v) is 4.17. The fourth-order valence-corrected chi connectivity index (χ4v) is 0.659. The summed E-state index contributed by atoms with van der Waals surface area (Å²) in [6.07, 6.45) is 11.1. The Morgan fingerprint density at radius 2 is 2.27 bits per heavy atom. The number of hydrogen-bond donors (Lipinski definition) is 0. The maximum Gasteiger partial charge on any atom is 0.0392 e. The molecule has 1 nitrogen and oxygen atoms in total. The second-order valence-corrected chi connectivity index (χ2v) is 2.32. The van der Waals surface area contributed by atoms with Crippen molar-refractivity contribution >= 4 is 6.21 Å². The molecule has 0 heterocycles. The van der Waals surface area contributed by atoms with E-state index in [0.717, 1.165) is 25.8 Å². The van der Waals surface area contributed by atoms with E-state index >= 15 is 0 Å². The summed E-state index contributed by atoms with van der Waals surface area (Å²) >= 11 is 0. The summed E-state index contributed by atoms with van der Waals surface area (Å²) in [5, 5.41) is 0. The molecule has 0 aromatic heterocycles. The molecule has 0 aliphatic carbocycles. The zero-order valence-electron chi connectivity index (χ0n) is 7.29. The van der Waals surface area contributed by atoms with Gasteiger partial charge in [0, 0.05) is 12.8 Å². The normalized spacial score (nSPS) is 11.4. The highest BCUT2D eigenvalue weighted by molar-refractivity contribution is 5.70. The highest BCUT2D eigenvalue weighted by atomic mass is 14.7. The van der Waals surface area contributed by atoms with Crippen molar-refractivity contribution in [2.24, 2.45) is 4.99 Å². The minimum absolute atomic E-state index is 0.917. The van der Waals surface area contributed by atoms with Crippen molar-refractivity contribution in [3.05, 3.63) is 24.8 Å². The van der Waals surface area contributed by atoms with Gasteiger partial charge in [-0.3, -0.25) is 4.99 Å². The quantitative estimate of drug-likeness (QED) is 0.314. The van der Waals surface area contributed by atoms with Crippen LogP contribution < -0.4 is 0 Å². The molecule has 0 aromatic rings. The second-order valence-electron chi connectivity index (χ2n) is 2.32. The summed E-state index contributed by atoms with van der Waals surface area (Å²) in [5.74, 6) is 0. The lowest BCUT2D eigenvalue weighted by Crippen LogP contribution is -1.78. The van der Waals surface area contributed by atoms with E-state index in [4.69, 9.17) is 0 Å². The molecule has 0 aliphatic heterocycles. The Morgan fingerprint density at radius 1 is 1.45 bits per heavy atom. The van der Waals surface area contributed by atoms with Crippen LogP contribution >= 0.6 is 0 Å². The Kier molecular flexibility index (Phi) is 8.44. The lowest BCUT2D eigenvalue weighted by molar-refractivity contribution is 0.860. The predicted molar refractivity (Wildman–Crippen MR) is 52.2 cm³/mol. The van der Waals surface area contributed by atoms with Crippen molar-refractivity contribution in [2.75, 3.05) is 6.54 Å². The molecule has 0 amide bonds. The average molecular weight is 151 g/mol. The minimum atomic E-state index is 0.917. The number of unbranched alkanes of at least 4 members (excludes halogenated alkanes) is 1. The van der Waals surface area contributed by atoms with Crippen molar-refractivity contribution in [1.82, 2.24) is 0 Å². The van der Waals surface area contributed by atoms with E-state index in [2.05, 4.69) is 24.6 Å². The van der Waals surface area contributed by atoms with E-state index in [1.165, 1.54) is 0 Å². The SMILES string of the molecule is C=CCCCN=C/C=C\CC. The molecule has 11 heavy (non-hydrogen) atoms. The molecule has 0 saturated carbocycles. The number of aliphatic imine (C=N–C) groups is 1. The minimum Gasteiger partial charge on any atom is -0.293 e. The summed E-state index contributed by atoms with van der Waals surface area (Å²) in [5.41, 5.74) is 0. The molecule has 0 unspecified atom stereocenters. The van der Waals surface area contributed by atoms with Crippen LogP contribution in [-0.4, -0.2) is 12.8 Å². The molecule has 0 rings (SSSR count). The standard InChI is InChI=1S/C10H17N/c1-3-5-7-9-11-10-8-6-4-2/h3,6,8,10H,1,4-5,7,9H2,2H3/b8-6-,11-10?. The van der Waals surface area contributed by atoms with E-state index in [-0.39, 0.29) is 0 Å². The molecule has 0 atom stereocenters. The van der Waals surface area contributed by atoms with Crippen molar-refractivity contribution in [3.63, 3.8) is 0 Å². The third-order valence-corrected chi connectivity index (χ3v) is 1.26. The third kappa shape index (κ3) is 9.15. The molecule has 0 saturated heterocycles. The molecule has 1 heteroatoms. The predicted octanol–water partition coefficient (Wildman–Crippen LogP) is 2.99. The van der Waals surface area contributed by atoms with E-state index < -0.39 is 0 Å². The summed E-state index contributed by atoms with van der Waals surface area (Å²) < 4.78 is 0. The maximum atomic E-state index is 4.19. The van der Waals surface area contributed by atoms with Gasteiger partial charge in [-0.25, -0.2) is 0 Å². The zero-order valence-corrected chi connectivity index (χ0v) is 7.29. The maximum absolute atomic E-state index is 4.19. The van der Waals surface area contributed by atoms with Gasteiger partial charge in [0.25, 0.3) is 0 Å². The van der Waals surface area contributed by atoms with Gasteiger partial charge in [0.2, 0.25) is 0 Å². The van der Waals surface area contributed by atoms with Crippen LogP contribution in [0.15, 0.2) is 29.8 Å². The second kappa shape index (κ2) is 9.15. The van der Waals surface area contributed by atoms with Crippen molar-refractivity contribution in [2.45, 2.75) is 26.2 Å². The third-order valence-electron chi connectivity index (χ3n) is 1.26. The summed E-state index contributed by atoms with van der Waals surface area (Å²) in [7, 11) is 0. The summed E-state index contributed by atoms with van der Waals surface area (Å²) in [4.78, 5) is 4.19. The van der Waals surface area contributed by atoms with Gasteiger partial charge in [-0.1, -0.05) is 19.1 Å². The van der Waals surface area contributed by atoms with Crippen molar-refractivity contribution < 1.29 is 0 Å². The van der Waals surface area contributed by atoms with Crippen LogP contribution in [0.4, 0.5) is 0 Å². The van der Waals surface area contributed by atoms with Crippen molar-refractivity contribution in [1.29, 1.82) is 0 Å². The van der Waals surface area contributed by atoms with E-state index in [1.807, 2.05) is 18.4 Å². The molecule has 0 N–H and O–H groups in total. The average Bonchev–Trinajstić information content (AvgIpc) is 2.03. The molecular weight excluding hydrogens is 134 g/mol. The number of hydrogen-bond acceptors (Lipinski definition) is 1. The Hall–Kier alpha value is -0.850. The molecule has 0 aliphatic rings. The van der Waals surface area contributed by atoms with E-state index in [9.17, 15) is 0 Å². The van der Waals surface area contributed by atoms with Gasteiger partial charge < -0.3 is 0 Å². The monoisotopic (exact) mass is 151 g/mol. The van der Waals surface area contributed by atoms with E-state index in [1.54, 1.807) is 0 Å².